The maximum atomic E-state index is 12.6. The first kappa shape index (κ1) is 17.2. The Morgan fingerprint density at radius 1 is 1.08 bits per heavy atom. The Balaban J connectivity index is 1.72. The van der Waals surface area contributed by atoms with E-state index in [4.69, 9.17) is 4.74 Å². The molecule has 2 aromatic rings. The minimum atomic E-state index is -4.37. The highest BCUT2D eigenvalue weighted by molar-refractivity contribution is 5.93. The number of carbonyl (C=O) groups is 1. The van der Waals surface area contributed by atoms with Crippen LogP contribution in [0.3, 0.4) is 0 Å². The van der Waals surface area contributed by atoms with Gasteiger partial charge in [0.15, 0.2) is 0 Å². The first-order valence-electron chi connectivity index (χ1n) is 7.71. The smallest absolute Gasteiger partial charge is 0.378 e. The minimum absolute atomic E-state index is 0.195. The topological polar surface area (TPSA) is 54.5 Å². The number of morpholine rings is 1. The van der Waals surface area contributed by atoms with Crippen molar-refractivity contribution in [1.82, 2.24) is 9.88 Å². The Morgan fingerprint density at radius 3 is 2.40 bits per heavy atom. The van der Waals surface area contributed by atoms with Crippen LogP contribution >= 0.6 is 0 Å². The van der Waals surface area contributed by atoms with Crippen molar-refractivity contribution in [2.24, 2.45) is 0 Å². The summed E-state index contributed by atoms with van der Waals surface area (Å²) in [4.78, 5) is 18.2. The number of benzene rings is 1. The van der Waals surface area contributed by atoms with E-state index in [9.17, 15) is 18.0 Å². The van der Waals surface area contributed by atoms with Crippen LogP contribution in [0.4, 0.5) is 24.5 Å². The normalized spacial score (nSPS) is 15.1. The monoisotopic (exact) mass is 351 g/mol. The molecule has 132 valence electrons. The maximum absolute atomic E-state index is 12.6. The third-order valence-corrected chi connectivity index (χ3v) is 3.78. The summed E-state index contributed by atoms with van der Waals surface area (Å²) >= 11 is 0. The summed E-state index contributed by atoms with van der Waals surface area (Å²) in [5, 5.41) is 2.98. The van der Waals surface area contributed by atoms with Crippen LogP contribution in [0.15, 0.2) is 42.6 Å². The van der Waals surface area contributed by atoms with Gasteiger partial charge >= 0.3 is 6.18 Å². The molecule has 5 nitrogen and oxygen atoms in total. The number of nitrogens with one attached hydrogen (secondary N) is 1. The molecule has 1 aliphatic rings. The number of aromatic nitrogens is 1. The van der Waals surface area contributed by atoms with E-state index < -0.39 is 11.7 Å². The molecule has 1 amide bonds. The largest absolute Gasteiger partial charge is 0.416 e. The third kappa shape index (κ3) is 4.27. The fourth-order valence-electron chi connectivity index (χ4n) is 2.46. The van der Waals surface area contributed by atoms with E-state index >= 15 is 0 Å². The van der Waals surface area contributed by atoms with Crippen LogP contribution in [0.1, 0.15) is 16.1 Å². The van der Waals surface area contributed by atoms with Crippen molar-refractivity contribution < 1.29 is 22.7 Å². The lowest BCUT2D eigenvalue weighted by atomic mass is 10.2. The molecule has 0 aliphatic carbocycles. The van der Waals surface area contributed by atoms with Gasteiger partial charge in [-0.25, -0.2) is 0 Å². The van der Waals surface area contributed by atoms with E-state index in [1.807, 2.05) is 0 Å². The fourth-order valence-corrected chi connectivity index (χ4v) is 2.46. The van der Waals surface area contributed by atoms with Crippen LogP contribution in [-0.2, 0) is 10.9 Å². The number of hydrogen-bond donors (Lipinski definition) is 1. The summed E-state index contributed by atoms with van der Waals surface area (Å²) in [6.45, 7) is 2.01. The van der Waals surface area contributed by atoms with Gasteiger partial charge in [0.1, 0.15) is 5.69 Å². The molecular weight excluding hydrogens is 335 g/mol. The van der Waals surface area contributed by atoms with Crippen molar-refractivity contribution in [3.05, 3.63) is 53.9 Å². The second kappa shape index (κ2) is 7.10. The van der Waals surface area contributed by atoms with E-state index in [0.717, 1.165) is 12.1 Å². The Hall–Kier alpha value is -2.61. The van der Waals surface area contributed by atoms with Gasteiger partial charge in [-0.3, -0.25) is 9.78 Å². The van der Waals surface area contributed by atoms with E-state index in [2.05, 4.69) is 10.3 Å². The quantitative estimate of drug-likeness (QED) is 0.922. The highest BCUT2D eigenvalue weighted by atomic mass is 19.4. The van der Waals surface area contributed by atoms with Gasteiger partial charge in [0.25, 0.3) is 5.91 Å². The van der Waals surface area contributed by atoms with E-state index in [-0.39, 0.29) is 11.6 Å². The molecule has 8 heteroatoms. The second-order valence-electron chi connectivity index (χ2n) is 5.53. The number of nitrogens with zero attached hydrogens (tertiary/aromatic N) is 2. The highest BCUT2D eigenvalue weighted by Gasteiger charge is 2.29. The van der Waals surface area contributed by atoms with Crippen molar-refractivity contribution in [2.75, 3.05) is 31.6 Å². The predicted octanol–water partition coefficient (Wildman–Crippen LogP) is 3.32. The van der Waals surface area contributed by atoms with Crippen molar-refractivity contribution in [3.8, 4) is 0 Å². The molecule has 1 N–H and O–H groups in total. The maximum Gasteiger partial charge on any atom is 0.416 e. The summed E-state index contributed by atoms with van der Waals surface area (Å²) in [5.74, 6) is -0.195. The van der Waals surface area contributed by atoms with Gasteiger partial charge in [-0.2, -0.15) is 13.2 Å². The Morgan fingerprint density at radius 2 is 1.76 bits per heavy atom. The van der Waals surface area contributed by atoms with Crippen LogP contribution in [0.2, 0.25) is 0 Å². The number of carbonyl (C=O) groups excluding carboxylic acids is 1. The van der Waals surface area contributed by atoms with Crippen LogP contribution in [0, 0.1) is 0 Å². The van der Waals surface area contributed by atoms with Crippen molar-refractivity contribution in [1.29, 1.82) is 0 Å². The van der Waals surface area contributed by atoms with Gasteiger partial charge in [-0.05, 0) is 36.4 Å². The molecule has 1 aromatic carbocycles. The summed E-state index contributed by atoms with van der Waals surface area (Å²) in [6.07, 6.45) is -2.88. The summed E-state index contributed by atoms with van der Waals surface area (Å²) in [7, 11) is 0. The average Bonchev–Trinajstić information content (AvgIpc) is 2.62. The molecule has 0 unspecified atom stereocenters. The standard InChI is InChI=1S/C17H16F3N3O2/c18-17(19,20)12-1-3-13(4-2-12)22-14-5-6-21-15(11-14)16(24)23-7-9-25-10-8-23/h1-6,11H,7-10H2,(H,21,22). The lowest BCUT2D eigenvalue weighted by Crippen LogP contribution is -2.41. The van der Waals surface area contributed by atoms with Gasteiger partial charge in [-0.15, -0.1) is 0 Å². The number of halogens is 3. The first-order chi connectivity index (χ1) is 11.9. The first-order valence-corrected chi connectivity index (χ1v) is 7.71. The number of hydrogen-bond acceptors (Lipinski definition) is 4. The number of rotatable bonds is 3. The zero-order chi connectivity index (χ0) is 17.9. The number of ether oxygens (including phenoxy) is 1. The second-order valence-corrected chi connectivity index (χ2v) is 5.53. The average molecular weight is 351 g/mol. The number of pyridine rings is 1. The number of anilines is 2. The van der Waals surface area contributed by atoms with E-state index in [0.29, 0.717) is 37.7 Å². The molecule has 0 saturated carbocycles. The fraction of sp³-hybridized carbons (Fsp3) is 0.294. The summed E-state index contributed by atoms with van der Waals surface area (Å²) < 4.78 is 43.0. The molecule has 1 aliphatic heterocycles. The molecule has 1 aromatic heterocycles. The minimum Gasteiger partial charge on any atom is -0.378 e. The molecule has 0 spiro atoms. The van der Waals surface area contributed by atoms with Gasteiger partial charge in [0.2, 0.25) is 0 Å². The van der Waals surface area contributed by atoms with E-state index in [1.54, 1.807) is 17.0 Å². The number of amides is 1. The lowest BCUT2D eigenvalue weighted by Gasteiger charge is -2.26. The van der Waals surface area contributed by atoms with E-state index in [1.165, 1.54) is 18.3 Å². The van der Waals surface area contributed by atoms with Crippen molar-refractivity contribution >= 4 is 17.3 Å². The zero-order valence-corrected chi connectivity index (χ0v) is 13.2. The highest BCUT2D eigenvalue weighted by Crippen LogP contribution is 2.30. The molecule has 1 fully saturated rings. The van der Waals surface area contributed by atoms with Gasteiger partial charge < -0.3 is 15.0 Å². The molecule has 0 radical (unpaired) electrons. The van der Waals surface area contributed by atoms with Gasteiger partial charge in [0.05, 0.1) is 18.8 Å². The van der Waals surface area contributed by atoms with Gasteiger partial charge in [-0.1, -0.05) is 0 Å². The molecule has 0 atom stereocenters. The van der Waals surface area contributed by atoms with Crippen LogP contribution in [0.5, 0.6) is 0 Å². The molecule has 1 saturated heterocycles. The van der Waals surface area contributed by atoms with Crippen molar-refractivity contribution in [2.45, 2.75) is 6.18 Å². The number of alkyl halides is 3. The predicted molar refractivity (Wildman–Crippen MR) is 85.7 cm³/mol. The van der Waals surface area contributed by atoms with Crippen LogP contribution in [-0.4, -0.2) is 42.1 Å². The SMILES string of the molecule is O=C(c1cc(Nc2ccc(C(F)(F)F)cc2)ccn1)N1CCOCC1. The Kier molecular flexibility index (Phi) is 4.89. The van der Waals surface area contributed by atoms with Crippen LogP contribution < -0.4 is 5.32 Å². The molecule has 0 bridgehead atoms. The molecule has 3 rings (SSSR count). The third-order valence-electron chi connectivity index (χ3n) is 3.78. The summed E-state index contributed by atoms with van der Waals surface area (Å²) in [5.41, 5.74) is 0.630. The zero-order valence-electron chi connectivity index (χ0n) is 13.2. The molecular formula is C17H16F3N3O2. The molecule has 2 heterocycles. The Labute approximate surface area is 142 Å². The Bertz CT molecular complexity index is 742. The lowest BCUT2D eigenvalue weighted by molar-refractivity contribution is -0.137. The molecule has 25 heavy (non-hydrogen) atoms. The summed E-state index contributed by atoms with van der Waals surface area (Å²) in [6, 6.07) is 7.91. The van der Waals surface area contributed by atoms with Crippen LogP contribution in [0.25, 0.3) is 0 Å². The van der Waals surface area contributed by atoms with Gasteiger partial charge in [0, 0.05) is 30.7 Å². The van der Waals surface area contributed by atoms with Crippen molar-refractivity contribution in [3.63, 3.8) is 0 Å².